The number of hydrogen-bond acceptors (Lipinski definition) is 7. The maximum Gasteiger partial charge on any atom is 0.181 e. The average Bonchev–Trinajstić information content (AvgIpc) is 3.15. The van der Waals surface area contributed by atoms with E-state index in [1.807, 2.05) is 24.3 Å². The minimum absolute atomic E-state index is 0.358. The fourth-order valence-electron chi connectivity index (χ4n) is 2.40. The summed E-state index contributed by atoms with van der Waals surface area (Å²) in [5.74, 6) is 2.18. The number of nitrogens with zero attached hydrogens (tertiary/aromatic N) is 3. The van der Waals surface area contributed by atoms with Crippen LogP contribution >= 0.6 is 0 Å². The van der Waals surface area contributed by atoms with E-state index in [1.165, 1.54) is 6.39 Å². The zero-order valence-corrected chi connectivity index (χ0v) is 14.7. The van der Waals surface area contributed by atoms with E-state index in [1.54, 1.807) is 12.3 Å². The smallest absolute Gasteiger partial charge is 0.181 e. The molecule has 0 aliphatic rings. The Hall–Kier alpha value is -3.53. The predicted molar refractivity (Wildman–Crippen MR) is 102 cm³/mol. The lowest BCUT2D eigenvalue weighted by Gasteiger charge is -2.14. The molecule has 3 rings (SSSR count). The second kappa shape index (κ2) is 7.57. The van der Waals surface area contributed by atoms with Crippen LogP contribution in [0.25, 0.3) is 11.3 Å². The molecule has 26 heavy (non-hydrogen) atoms. The summed E-state index contributed by atoms with van der Waals surface area (Å²) >= 11 is 0. The van der Waals surface area contributed by atoms with E-state index in [-0.39, 0.29) is 0 Å². The Bertz CT molecular complexity index is 910. The Kier molecular flexibility index (Phi) is 5.04. The van der Waals surface area contributed by atoms with Gasteiger partial charge in [0.15, 0.2) is 12.2 Å². The lowest BCUT2D eigenvalue weighted by Crippen LogP contribution is -2.12. The van der Waals surface area contributed by atoms with Crippen LogP contribution in [0.15, 0.2) is 47.3 Å². The summed E-state index contributed by atoms with van der Waals surface area (Å²) in [5, 5.41) is 15.7. The van der Waals surface area contributed by atoms with Crippen LogP contribution in [0.1, 0.15) is 19.4 Å². The normalized spacial score (nSPS) is 10.5. The fraction of sp³-hybridized carbons (Fsp3) is 0.211. The summed E-state index contributed by atoms with van der Waals surface area (Å²) in [7, 11) is 0. The van der Waals surface area contributed by atoms with Crippen molar-refractivity contribution in [3.8, 4) is 17.4 Å². The number of nitrogens with one attached hydrogen (secondary N) is 2. The molecular weight excluding hydrogens is 328 g/mol. The van der Waals surface area contributed by atoms with E-state index in [2.05, 4.69) is 40.5 Å². The molecule has 0 spiro atoms. The molecule has 0 radical (unpaired) electrons. The number of nitriles is 1. The number of rotatable bonds is 6. The maximum atomic E-state index is 9.32. The highest BCUT2D eigenvalue weighted by atomic mass is 16.3. The molecule has 0 aliphatic carbocycles. The molecule has 0 aliphatic heterocycles. The van der Waals surface area contributed by atoms with Crippen molar-refractivity contribution in [3.63, 3.8) is 0 Å². The number of nitrogen functional groups attached to an aromatic ring is 1. The van der Waals surface area contributed by atoms with Gasteiger partial charge in [0.25, 0.3) is 0 Å². The summed E-state index contributed by atoms with van der Waals surface area (Å²) in [5.41, 5.74) is 8.54. The molecular formula is C19H20N6O. The van der Waals surface area contributed by atoms with Crippen LogP contribution in [-0.4, -0.2) is 16.5 Å². The van der Waals surface area contributed by atoms with Crippen molar-refractivity contribution in [1.82, 2.24) is 9.97 Å². The van der Waals surface area contributed by atoms with E-state index in [0.29, 0.717) is 41.1 Å². The van der Waals surface area contributed by atoms with Gasteiger partial charge in [-0.3, -0.25) is 0 Å². The molecule has 4 N–H and O–H groups in total. The molecule has 0 bridgehead atoms. The molecule has 0 atom stereocenters. The Morgan fingerprint density at radius 2 is 2.04 bits per heavy atom. The number of pyridine rings is 1. The Morgan fingerprint density at radius 1 is 1.27 bits per heavy atom. The molecule has 132 valence electrons. The third kappa shape index (κ3) is 3.92. The van der Waals surface area contributed by atoms with Crippen molar-refractivity contribution in [3.05, 3.63) is 48.5 Å². The first-order valence-electron chi connectivity index (χ1n) is 8.27. The van der Waals surface area contributed by atoms with Crippen molar-refractivity contribution in [1.29, 1.82) is 5.26 Å². The van der Waals surface area contributed by atoms with Gasteiger partial charge in [0.2, 0.25) is 0 Å². The zero-order chi connectivity index (χ0) is 18.5. The van der Waals surface area contributed by atoms with Crippen LogP contribution in [0.4, 0.5) is 23.0 Å². The molecule has 1 aromatic carbocycles. The van der Waals surface area contributed by atoms with Crippen molar-refractivity contribution in [2.45, 2.75) is 13.8 Å². The summed E-state index contributed by atoms with van der Waals surface area (Å²) in [4.78, 5) is 8.41. The van der Waals surface area contributed by atoms with E-state index in [4.69, 9.17) is 10.2 Å². The van der Waals surface area contributed by atoms with Crippen molar-refractivity contribution in [2.24, 2.45) is 5.92 Å². The Balaban J connectivity index is 1.82. The van der Waals surface area contributed by atoms with Gasteiger partial charge in [-0.2, -0.15) is 5.26 Å². The van der Waals surface area contributed by atoms with Crippen molar-refractivity contribution >= 4 is 23.0 Å². The van der Waals surface area contributed by atoms with E-state index in [0.717, 1.165) is 11.3 Å². The average molecular weight is 348 g/mol. The van der Waals surface area contributed by atoms with Gasteiger partial charge in [-0.15, -0.1) is 0 Å². The van der Waals surface area contributed by atoms with Crippen LogP contribution in [0.2, 0.25) is 0 Å². The summed E-state index contributed by atoms with van der Waals surface area (Å²) in [6, 6.07) is 11.4. The van der Waals surface area contributed by atoms with Gasteiger partial charge in [-0.1, -0.05) is 13.8 Å². The van der Waals surface area contributed by atoms with Crippen LogP contribution < -0.4 is 16.4 Å². The summed E-state index contributed by atoms with van der Waals surface area (Å²) < 4.78 is 5.28. The first kappa shape index (κ1) is 17.3. The highest BCUT2D eigenvalue weighted by molar-refractivity contribution is 5.73. The molecule has 0 saturated carbocycles. The third-order valence-electron chi connectivity index (χ3n) is 3.71. The highest BCUT2D eigenvalue weighted by Crippen LogP contribution is 2.27. The topological polar surface area (TPSA) is 113 Å². The maximum absolute atomic E-state index is 9.32. The van der Waals surface area contributed by atoms with E-state index in [9.17, 15) is 5.26 Å². The largest absolute Gasteiger partial charge is 0.444 e. The number of oxazole rings is 1. The SMILES string of the molecule is CC(C)CNc1nc(Nc2ccc(-c3cnco3)cc2)cc(N)c1C#N. The van der Waals surface area contributed by atoms with Gasteiger partial charge in [0.1, 0.15) is 23.3 Å². The second-order valence-corrected chi connectivity index (χ2v) is 6.27. The zero-order valence-electron chi connectivity index (χ0n) is 14.7. The van der Waals surface area contributed by atoms with E-state index < -0.39 is 0 Å². The first-order chi connectivity index (χ1) is 12.6. The molecule has 7 nitrogen and oxygen atoms in total. The van der Waals surface area contributed by atoms with Crippen molar-refractivity contribution in [2.75, 3.05) is 22.9 Å². The van der Waals surface area contributed by atoms with Gasteiger partial charge in [-0.25, -0.2) is 9.97 Å². The van der Waals surface area contributed by atoms with Gasteiger partial charge >= 0.3 is 0 Å². The lowest BCUT2D eigenvalue weighted by atomic mass is 10.1. The minimum atomic E-state index is 0.358. The second-order valence-electron chi connectivity index (χ2n) is 6.27. The number of hydrogen-bond donors (Lipinski definition) is 3. The Morgan fingerprint density at radius 3 is 2.65 bits per heavy atom. The molecule has 0 saturated heterocycles. The lowest BCUT2D eigenvalue weighted by molar-refractivity contribution is 0.572. The predicted octanol–water partition coefficient (Wildman–Crippen LogP) is 4.00. The fourth-order valence-corrected chi connectivity index (χ4v) is 2.40. The molecule has 0 fully saturated rings. The van der Waals surface area contributed by atoms with Gasteiger partial charge in [0, 0.05) is 23.9 Å². The molecule has 7 heteroatoms. The number of aromatic nitrogens is 2. The number of benzene rings is 1. The molecule has 0 unspecified atom stereocenters. The minimum Gasteiger partial charge on any atom is -0.444 e. The highest BCUT2D eigenvalue weighted by Gasteiger charge is 2.11. The first-order valence-corrected chi connectivity index (χ1v) is 8.27. The number of anilines is 4. The number of nitrogens with two attached hydrogens (primary N) is 1. The van der Waals surface area contributed by atoms with Crippen molar-refractivity contribution < 1.29 is 4.42 Å². The quantitative estimate of drug-likeness (QED) is 0.617. The Labute approximate surface area is 151 Å². The molecule has 2 heterocycles. The van der Waals surface area contributed by atoms with Gasteiger partial charge in [-0.05, 0) is 30.2 Å². The van der Waals surface area contributed by atoms with Gasteiger partial charge < -0.3 is 20.8 Å². The van der Waals surface area contributed by atoms with Crippen LogP contribution in [-0.2, 0) is 0 Å². The van der Waals surface area contributed by atoms with Gasteiger partial charge in [0.05, 0.1) is 11.9 Å². The van der Waals surface area contributed by atoms with E-state index >= 15 is 0 Å². The summed E-state index contributed by atoms with van der Waals surface area (Å²) in [6.45, 7) is 4.87. The van der Waals surface area contributed by atoms with Crippen LogP contribution in [0.5, 0.6) is 0 Å². The molecule has 3 aromatic rings. The third-order valence-corrected chi connectivity index (χ3v) is 3.71. The summed E-state index contributed by atoms with van der Waals surface area (Å²) in [6.07, 6.45) is 3.06. The van der Waals surface area contributed by atoms with Crippen LogP contribution in [0, 0.1) is 17.2 Å². The molecule has 0 amide bonds. The standard InChI is InChI=1S/C19H20N6O/c1-12(2)9-23-19-15(8-20)16(21)7-18(25-19)24-14-5-3-13(4-6-14)17-10-22-11-26-17/h3-7,10-12H,9H2,1-2H3,(H4,21,23,24,25). The molecule has 2 aromatic heterocycles. The van der Waals surface area contributed by atoms with Crippen LogP contribution in [0.3, 0.4) is 0 Å². The monoisotopic (exact) mass is 348 g/mol.